The summed E-state index contributed by atoms with van der Waals surface area (Å²) in [6.45, 7) is 0.531. The Morgan fingerprint density at radius 3 is 2.84 bits per heavy atom. The second-order valence-electron chi connectivity index (χ2n) is 7.47. The van der Waals surface area contributed by atoms with Gasteiger partial charge < -0.3 is 14.7 Å². The van der Waals surface area contributed by atoms with Crippen molar-refractivity contribution in [1.82, 2.24) is 20.0 Å². The number of likely N-dealkylation sites (tertiary alicyclic amines) is 1. The van der Waals surface area contributed by atoms with Gasteiger partial charge >= 0.3 is 0 Å². The van der Waals surface area contributed by atoms with Crippen LogP contribution in [0.2, 0.25) is 10.0 Å². The van der Waals surface area contributed by atoms with Gasteiger partial charge in [0.15, 0.2) is 0 Å². The number of aryl methyl sites for hydroxylation is 1. The molecule has 1 saturated heterocycles. The van der Waals surface area contributed by atoms with E-state index in [1.54, 1.807) is 41.6 Å². The van der Waals surface area contributed by atoms with Gasteiger partial charge in [-0.2, -0.15) is 4.98 Å². The van der Waals surface area contributed by atoms with Crippen molar-refractivity contribution in [3.8, 4) is 11.4 Å². The molecule has 32 heavy (non-hydrogen) atoms. The van der Waals surface area contributed by atoms with E-state index >= 15 is 0 Å². The van der Waals surface area contributed by atoms with Gasteiger partial charge in [-0.05, 0) is 49.6 Å². The molecule has 0 bridgehead atoms. The zero-order chi connectivity index (χ0) is 22.5. The highest BCUT2D eigenvalue weighted by Crippen LogP contribution is 2.26. The number of hydrogen-bond acceptors (Lipinski definition) is 6. The number of carbonyl (C=O) groups is 2. The summed E-state index contributed by atoms with van der Waals surface area (Å²) in [6, 6.07) is 7.96. The molecule has 10 heteroatoms. The standard InChI is InChI=1S/C22H21Cl2N5O3/c23-16-7-6-15(12-17(16)24)26-22(31)18-5-1-2-11-29(18)20(30)9-8-19-27-21(28-32-19)14-4-3-10-25-13-14/h3-4,6-7,10,12-13,18H,1-2,5,8-9,11H2,(H,26,31). The van der Waals surface area contributed by atoms with Crippen LogP contribution in [0, 0.1) is 0 Å². The van der Waals surface area contributed by atoms with Crippen molar-refractivity contribution >= 4 is 40.7 Å². The molecule has 166 valence electrons. The van der Waals surface area contributed by atoms with Crippen LogP contribution in [0.3, 0.4) is 0 Å². The largest absolute Gasteiger partial charge is 0.339 e. The zero-order valence-electron chi connectivity index (χ0n) is 17.1. The van der Waals surface area contributed by atoms with Crippen molar-refractivity contribution in [3.63, 3.8) is 0 Å². The van der Waals surface area contributed by atoms with E-state index in [-0.39, 0.29) is 18.2 Å². The smallest absolute Gasteiger partial charge is 0.247 e. The number of nitrogens with one attached hydrogen (secondary N) is 1. The van der Waals surface area contributed by atoms with Crippen LogP contribution in [0.1, 0.15) is 31.6 Å². The SMILES string of the molecule is O=C(Nc1ccc(Cl)c(Cl)c1)C1CCCCN1C(=O)CCc1nc(-c2cccnc2)no1. The Hall–Kier alpha value is -2.97. The normalized spacial score (nSPS) is 16.1. The maximum absolute atomic E-state index is 12.9. The van der Waals surface area contributed by atoms with Gasteiger partial charge in [0, 0.05) is 43.0 Å². The molecular formula is C22H21Cl2N5O3. The molecule has 0 radical (unpaired) electrons. The van der Waals surface area contributed by atoms with Crippen LogP contribution in [-0.4, -0.2) is 44.4 Å². The Bertz CT molecular complexity index is 1110. The van der Waals surface area contributed by atoms with E-state index in [4.69, 9.17) is 27.7 Å². The van der Waals surface area contributed by atoms with E-state index in [1.165, 1.54) is 0 Å². The third-order valence-electron chi connectivity index (χ3n) is 5.25. The third kappa shape index (κ3) is 5.26. The summed E-state index contributed by atoms with van der Waals surface area (Å²) in [5.41, 5.74) is 1.28. The number of piperidine rings is 1. The van der Waals surface area contributed by atoms with E-state index in [0.29, 0.717) is 46.8 Å². The summed E-state index contributed by atoms with van der Waals surface area (Å²) in [7, 11) is 0. The van der Waals surface area contributed by atoms with E-state index in [1.807, 2.05) is 6.07 Å². The second-order valence-corrected chi connectivity index (χ2v) is 8.28. The Kier molecular flexibility index (Phi) is 7.02. The van der Waals surface area contributed by atoms with Gasteiger partial charge in [0.05, 0.1) is 10.0 Å². The molecule has 1 aliphatic heterocycles. The van der Waals surface area contributed by atoms with Crippen LogP contribution in [-0.2, 0) is 16.0 Å². The molecule has 3 aromatic rings. The Labute approximate surface area is 194 Å². The summed E-state index contributed by atoms with van der Waals surface area (Å²) in [5, 5.41) is 7.54. The van der Waals surface area contributed by atoms with Crippen molar-refractivity contribution in [2.45, 2.75) is 38.1 Å². The number of anilines is 1. The maximum Gasteiger partial charge on any atom is 0.247 e. The molecule has 8 nitrogen and oxygen atoms in total. The minimum atomic E-state index is -0.542. The summed E-state index contributed by atoms with van der Waals surface area (Å²) in [6.07, 6.45) is 6.11. The predicted molar refractivity (Wildman–Crippen MR) is 120 cm³/mol. The van der Waals surface area contributed by atoms with Crippen molar-refractivity contribution in [1.29, 1.82) is 0 Å². The monoisotopic (exact) mass is 473 g/mol. The van der Waals surface area contributed by atoms with Gasteiger partial charge in [-0.1, -0.05) is 28.4 Å². The van der Waals surface area contributed by atoms with E-state index in [2.05, 4.69) is 20.4 Å². The number of hydrogen-bond donors (Lipinski definition) is 1. The minimum Gasteiger partial charge on any atom is -0.339 e. The number of halogens is 2. The summed E-state index contributed by atoms with van der Waals surface area (Å²) < 4.78 is 5.27. The Morgan fingerprint density at radius 2 is 2.06 bits per heavy atom. The van der Waals surface area contributed by atoms with Crippen molar-refractivity contribution in [3.05, 3.63) is 58.7 Å². The molecule has 2 amide bonds. The third-order valence-corrected chi connectivity index (χ3v) is 5.99. The van der Waals surface area contributed by atoms with Crippen LogP contribution in [0.25, 0.3) is 11.4 Å². The number of rotatable bonds is 6. The molecule has 0 saturated carbocycles. The average Bonchev–Trinajstić information content (AvgIpc) is 3.29. The number of carbonyl (C=O) groups excluding carboxylic acids is 2. The summed E-state index contributed by atoms with van der Waals surface area (Å²) >= 11 is 12.0. The Balaban J connectivity index is 1.37. The average molecular weight is 474 g/mol. The number of nitrogens with zero attached hydrogens (tertiary/aromatic N) is 4. The van der Waals surface area contributed by atoms with Gasteiger partial charge in [0.2, 0.25) is 23.5 Å². The van der Waals surface area contributed by atoms with Gasteiger partial charge in [0.1, 0.15) is 6.04 Å². The quantitative estimate of drug-likeness (QED) is 0.569. The topological polar surface area (TPSA) is 101 Å². The van der Waals surface area contributed by atoms with Crippen molar-refractivity contribution < 1.29 is 14.1 Å². The summed E-state index contributed by atoms with van der Waals surface area (Å²) in [4.78, 5) is 35.8. The molecule has 2 aromatic heterocycles. The van der Waals surface area contributed by atoms with Gasteiger partial charge in [-0.3, -0.25) is 14.6 Å². The maximum atomic E-state index is 12.9. The second kappa shape index (κ2) is 10.1. The van der Waals surface area contributed by atoms with Crippen LogP contribution in [0.15, 0.2) is 47.2 Å². The highest BCUT2D eigenvalue weighted by atomic mass is 35.5. The predicted octanol–water partition coefficient (Wildman–Crippen LogP) is 4.39. The van der Waals surface area contributed by atoms with Crippen LogP contribution in [0.5, 0.6) is 0 Å². The molecule has 1 atom stereocenters. The zero-order valence-corrected chi connectivity index (χ0v) is 18.6. The van der Waals surface area contributed by atoms with E-state index in [9.17, 15) is 9.59 Å². The lowest BCUT2D eigenvalue weighted by Gasteiger charge is -2.34. The van der Waals surface area contributed by atoms with E-state index in [0.717, 1.165) is 18.4 Å². The molecule has 1 N–H and O–H groups in total. The molecule has 4 rings (SSSR count). The first-order chi connectivity index (χ1) is 15.5. The van der Waals surface area contributed by atoms with Crippen molar-refractivity contribution in [2.24, 2.45) is 0 Å². The molecule has 3 heterocycles. The molecule has 1 fully saturated rings. The summed E-state index contributed by atoms with van der Waals surface area (Å²) in [5.74, 6) is 0.427. The number of benzene rings is 1. The van der Waals surface area contributed by atoms with Crippen molar-refractivity contribution in [2.75, 3.05) is 11.9 Å². The highest BCUT2D eigenvalue weighted by molar-refractivity contribution is 6.42. The lowest BCUT2D eigenvalue weighted by Crippen LogP contribution is -2.50. The first-order valence-electron chi connectivity index (χ1n) is 10.3. The molecule has 1 aliphatic rings. The fraction of sp³-hybridized carbons (Fsp3) is 0.318. The molecule has 1 unspecified atom stereocenters. The van der Waals surface area contributed by atoms with E-state index < -0.39 is 6.04 Å². The Morgan fingerprint density at radius 1 is 1.19 bits per heavy atom. The van der Waals surface area contributed by atoms with Gasteiger partial charge in [0.25, 0.3) is 0 Å². The number of pyridine rings is 1. The van der Waals surface area contributed by atoms with Crippen LogP contribution < -0.4 is 5.32 Å². The highest BCUT2D eigenvalue weighted by Gasteiger charge is 2.32. The lowest BCUT2D eigenvalue weighted by atomic mass is 10.0. The first-order valence-corrected chi connectivity index (χ1v) is 11.1. The molecule has 1 aromatic carbocycles. The van der Waals surface area contributed by atoms with Crippen LogP contribution in [0.4, 0.5) is 5.69 Å². The fourth-order valence-corrected chi connectivity index (χ4v) is 3.93. The van der Waals surface area contributed by atoms with Gasteiger partial charge in [-0.25, -0.2) is 0 Å². The number of aromatic nitrogens is 3. The van der Waals surface area contributed by atoms with Crippen LogP contribution >= 0.6 is 23.2 Å². The van der Waals surface area contributed by atoms with Gasteiger partial charge in [-0.15, -0.1) is 0 Å². The molecule has 0 aliphatic carbocycles. The molecular weight excluding hydrogens is 453 g/mol. The minimum absolute atomic E-state index is 0.125. The lowest BCUT2D eigenvalue weighted by molar-refractivity contribution is -0.140. The first kappa shape index (κ1) is 22.2. The fourth-order valence-electron chi connectivity index (χ4n) is 3.63. The number of amides is 2. The molecule has 0 spiro atoms.